The summed E-state index contributed by atoms with van der Waals surface area (Å²) in [5.41, 5.74) is 2.23. The maximum absolute atomic E-state index is 12.9. The van der Waals surface area contributed by atoms with Gasteiger partial charge in [0, 0.05) is 5.69 Å². The van der Waals surface area contributed by atoms with Gasteiger partial charge in [0.2, 0.25) is 5.78 Å². The van der Waals surface area contributed by atoms with Crippen LogP contribution in [-0.4, -0.2) is 29.4 Å². The van der Waals surface area contributed by atoms with Crippen LogP contribution in [0.2, 0.25) is 0 Å². The van der Waals surface area contributed by atoms with Gasteiger partial charge in [0.05, 0.1) is 24.0 Å². The molecule has 0 bridgehead atoms. The van der Waals surface area contributed by atoms with E-state index in [1.807, 2.05) is 19.9 Å². The van der Waals surface area contributed by atoms with Crippen LogP contribution in [0.1, 0.15) is 58.4 Å². The van der Waals surface area contributed by atoms with E-state index in [0.29, 0.717) is 28.1 Å². The van der Waals surface area contributed by atoms with Crippen molar-refractivity contribution in [2.24, 2.45) is 0 Å². The number of carbonyl (C=O) groups excluding carboxylic acids is 2. The number of carbonyl (C=O) groups is 2. The second-order valence-electron chi connectivity index (χ2n) is 6.58. The summed E-state index contributed by atoms with van der Waals surface area (Å²) in [6.45, 7) is 9.19. The highest BCUT2D eigenvalue weighted by Crippen LogP contribution is 2.23. The number of nitrogens with zero attached hydrogens (tertiary/aromatic N) is 1. The SMILES string of the molecule is CCOC(=O)c1c(C)[nH]c(C(=O)/C(C#N)=C/c2ccc(OC(C)C)cc2)c1C. The number of hydrogen-bond donors (Lipinski definition) is 1. The summed E-state index contributed by atoms with van der Waals surface area (Å²) in [5, 5.41) is 9.48. The van der Waals surface area contributed by atoms with E-state index < -0.39 is 11.8 Å². The zero-order valence-electron chi connectivity index (χ0n) is 16.8. The zero-order valence-corrected chi connectivity index (χ0v) is 16.8. The number of rotatable bonds is 7. The summed E-state index contributed by atoms with van der Waals surface area (Å²) in [6.07, 6.45) is 1.58. The Bertz CT molecular complexity index is 944. The number of ether oxygens (including phenoxy) is 2. The number of nitriles is 1. The van der Waals surface area contributed by atoms with Crippen molar-refractivity contribution >= 4 is 17.8 Å². The van der Waals surface area contributed by atoms with Crippen LogP contribution < -0.4 is 4.74 Å². The molecule has 0 aliphatic rings. The van der Waals surface area contributed by atoms with E-state index in [4.69, 9.17) is 9.47 Å². The number of benzene rings is 1. The molecule has 1 heterocycles. The molecule has 2 rings (SSSR count). The molecular weight excluding hydrogens is 356 g/mol. The van der Waals surface area contributed by atoms with Crippen LogP contribution in [-0.2, 0) is 4.74 Å². The first-order chi connectivity index (χ1) is 13.3. The van der Waals surface area contributed by atoms with Crippen LogP contribution in [0.4, 0.5) is 0 Å². The Balaban J connectivity index is 2.34. The van der Waals surface area contributed by atoms with Crippen LogP contribution in [0.5, 0.6) is 5.75 Å². The van der Waals surface area contributed by atoms with Gasteiger partial charge in [-0.1, -0.05) is 12.1 Å². The Morgan fingerprint density at radius 1 is 1.21 bits per heavy atom. The predicted molar refractivity (Wildman–Crippen MR) is 106 cm³/mol. The van der Waals surface area contributed by atoms with Crippen LogP contribution in [0.25, 0.3) is 6.08 Å². The number of allylic oxidation sites excluding steroid dienone is 1. The highest BCUT2D eigenvalue weighted by atomic mass is 16.5. The number of nitrogens with one attached hydrogen (secondary N) is 1. The maximum atomic E-state index is 12.9. The number of aromatic nitrogens is 1. The van der Waals surface area contributed by atoms with E-state index in [2.05, 4.69) is 4.98 Å². The van der Waals surface area contributed by atoms with Crippen molar-refractivity contribution in [1.29, 1.82) is 5.26 Å². The molecule has 0 spiro atoms. The first-order valence-corrected chi connectivity index (χ1v) is 9.08. The minimum Gasteiger partial charge on any atom is -0.491 e. The summed E-state index contributed by atoms with van der Waals surface area (Å²) in [5.74, 6) is -0.246. The fraction of sp³-hybridized carbons (Fsp3) is 0.318. The van der Waals surface area contributed by atoms with E-state index >= 15 is 0 Å². The van der Waals surface area contributed by atoms with E-state index in [1.54, 1.807) is 45.0 Å². The number of hydrogen-bond acceptors (Lipinski definition) is 5. The van der Waals surface area contributed by atoms with Gasteiger partial charge >= 0.3 is 5.97 Å². The number of esters is 1. The lowest BCUT2D eigenvalue weighted by molar-refractivity contribution is 0.0525. The zero-order chi connectivity index (χ0) is 20.8. The van der Waals surface area contributed by atoms with Gasteiger partial charge in [-0.05, 0) is 64.0 Å². The minimum atomic E-state index is -0.490. The Labute approximate surface area is 164 Å². The van der Waals surface area contributed by atoms with Crippen molar-refractivity contribution in [3.05, 3.63) is 57.9 Å². The first kappa shape index (κ1) is 21.0. The molecule has 6 nitrogen and oxygen atoms in total. The Morgan fingerprint density at radius 3 is 2.39 bits per heavy atom. The molecule has 0 saturated heterocycles. The van der Waals surface area contributed by atoms with Gasteiger partial charge in [-0.15, -0.1) is 0 Å². The van der Waals surface area contributed by atoms with Gasteiger partial charge in [0.15, 0.2) is 0 Å². The van der Waals surface area contributed by atoms with Crippen molar-refractivity contribution in [3.8, 4) is 11.8 Å². The number of aromatic amines is 1. The molecule has 0 aliphatic carbocycles. The standard InChI is InChI=1S/C22H24N2O4/c1-6-27-22(26)19-14(4)20(24-15(19)5)21(25)17(12-23)11-16-7-9-18(10-8-16)28-13(2)3/h7-11,13,24H,6H2,1-5H3/b17-11+. The van der Waals surface area contributed by atoms with Crippen molar-refractivity contribution in [2.75, 3.05) is 6.61 Å². The second-order valence-corrected chi connectivity index (χ2v) is 6.58. The van der Waals surface area contributed by atoms with E-state index in [9.17, 15) is 14.9 Å². The van der Waals surface area contributed by atoms with Crippen LogP contribution in [0.15, 0.2) is 29.8 Å². The van der Waals surface area contributed by atoms with Crippen molar-refractivity contribution in [3.63, 3.8) is 0 Å². The highest BCUT2D eigenvalue weighted by Gasteiger charge is 2.24. The van der Waals surface area contributed by atoms with E-state index in [1.165, 1.54) is 6.08 Å². The summed E-state index contributed by atoms with van der Waals surface area (Å²) < 4.78 is 10.6. The quantitative estimate of drug-likeness (QED) is 0.333. The van der Waals surface area contributed by atoms with Crippen molar-refractivity contribution < 1.29 is 19.1 Å². The Morgan fingerprint density at radius 2 is 1.86 bits per heavy atom. The largest absolute Gasteiger partial charge is 0.491 e. The lowest BCUT2D eigenvalue weighted by Gasteiger charge is -2.09. The van der Waals surface area contributed by atoms with Crippen molar-refractivity contribution in [1.82, 2.24) is 4.98 Å². The monoisotopic (exact) mass is 380 g/mol. The van der Waals surface area contributed by atoms with E-state index in [0.717, 1.165) is 0 Å². The Kier molecular flexibility index (Phi) is 6.78. The summed E-state index contributed by atoms with van der Waals surface area (Å²) in [4.78, 5) is 27.9. The molecule has 0 radical (unpaired) electrons. The predicted octanol–water partition coefficient (Wildman–Crippen LogP) is 4.39. The summed E-state index contributed by atoms with van der Waals surface area (Å²) in [6, 6.07) is 9.08. The van der Waals surface area contributed by atoms with Gasteiger partial charge in [0.1, 0.15) is 17.4 Å². The number of aryl methyl sites for hydroxylation is 1. The van der Waals surface area contributed by atoms with Gasteiger partial charge in [-0.25, -0.2) is 4.79 Å². The van der Waals surface area contributed by atoms with Crippen molar-refractivity contribution in [2.45, 2.75) is 40.7 Å². The van der Waals surface area contributed by atoms with Gasteiger partial charge in [-0.2, -0.15) is 5.26 Å². The lowest BCUT2D eigenvalue weighted by Crippen LogP contribution is -2.08. The van der Waals surface area contributed by atoms with Gasteiger partial charge < -0.3 is 14.5 Å². The minimum absolute atomic E-state index is 0.0303. The maximum Gasteiger partial charge on any atom is 0.340 e. The molecular formula is C22H24N2O4. The number of Topliss-reactive ketones (excluding diaryl/α,β-unsaturated/α-hetero) is 1. The highest BCUT2D eigenvalue weighted by molar-refractivity contribution is 6.15. The molecule has 0 unspecified atom stereocenters. The third-order valence-electron chi connectivity index (χ3n) is 4.07. The molecule has 0 aliphatic heterocycles. The lowest BCUT2D eigenvalue weighted by atomic mass is 10.0. The molecule has 1 aromatic carbocycles. The second kappa shape index (κ2) is 9.05. The summed E-state index contributed by atoms with van der Waals surface area (Å²) >= 11 is 0. The molecule has 146 valence electrons. The van der Waals surface area contributed by atoms with Crippen LogP contribution in [0.3, 0.4) is 0 Å². The molecule has 0 fully saturated rings. The molecule has 0 saturated carbocycles. The third kappa shape index (κ3) is 4.68. The summed E-state index contributed by atoms with van der Waals surface area (Å²) in [7, 11) is 0. The molecule has 0 atom stereocenters. The average Bonchev–Trinajstić information content (AvgIpc) is 2.94. The number of H-pyrrole nitrogens is 1. The molecule has 1 N–H and O–H groups in total. The molecule has 0 amide bonds. The fourth-order valence-corrected chi connectivity index (χ4v) is 2.85. The molecule has 2 aromatic rings. The average molecular weight is 380 g/mol. The smallest absolute Gasteiger partial charge is 0.340 e. The number of ketones is 1. The van der Waals surface area contributed by atoms with Gasteiger partial charge in [0.25, 0.3) is 0 Å². The third-order valence-corrected chi connectivity index (χ3v) is 4.07. The Hall–Kier alpha value is -3.33. The molecule has 28 heavy (non-hydrogen) atoms. The molecule has 1 aromatic heterocycles. The van der Waals surface area contributed by atoms with E-state index in [-0.39, 0.29) is 24.0 Å². The molecule has 6 heteroatoms. The first-order valence-electron chi connectivity index (χ1n) is 9.08. The normalized spacial score (nSPS) is 11.2. The fourth-order valence-electron chi connectivity index (χ4n) is 2.85. The van der Waals surface area contributed by atoms with Gasteiger partial charge in [-0.3, -0.25) is 4.79 Å². The van der Waals surface area contributed by atoms with Crippen LogP contribution >= 0.6 is 0 Å². The van der Waals surface area contributed by atoms with Crippen LogP contribution in [0, 0.1) is 25.2 Å². The topological polar surface area (TPSA) is 92.2 Å².